The quantitative estimate of drug-likeness (QED) is 0.431. The Morgan fingerprint density at radius 3 is 2.84 bits per heavy atom. The van der Waals surface area contributed by atoms with E-state index in [1.54, 1.807) is 25.3 Å². The van der Waals surface area contributed by atoms with Crippen molar-refractivity contribution in [1.82, 2.24) is 5.43 Å². The number of fused-ring (bicyclic) bond motifs is 1. The van der Waals surface area contributed by atoms with Crippen molar-refractivity contribution in [2.45, 2.75) is 6.92 Å². The summed E-state index contributed by atoms with van der Waals surface area (Å²) in [6, 6.07) is 13.2. The van der Waals surface area contributed by atoms with Gasteiger partial charge in [-0.15, -0.1) is 0 Å². The Morgan fingerprint density at radius 2 is 2.08 bits per heavy atom. The highest BCUT2D eigenvalue weighted by atomic mass is 79.9. The van der Waals surface area contributed by atoms with Gasteiger partial charge in [-0.05, 0) is 64.0 Å². The zero-order chi connectivity index (χ0) is 17.8. The van der Waals surface area contributed by atoms with E-state index in [-0.39, 0.29) is 12.5 Å². The summed E-state index contributed by atoms with van der Waals surface area (Å²) in [5, 5.41) is 6.06. The van der Waals surface area contributed by atoms with E-state index in [9.17, 15) is 4.79 Å². The van der Waals surface area contributed by atoms with Crippen LogP contribution in [-0.2, 0) is 4.79 Å². The van der Waals surface area contributed by atoms with Crippen LogP contribution >= 0.6 is 31.9 Å². The molecule has 1 heterocycles. The topological polar surface area (TPSA) is 63.8 Å². The number of furan rings is 1. The van der Waals surface area contributed by atoms with Crippen LogP contribution < -0.4 is 10.2 Å². The van der Waals surface area contributed by atoms with Gasteiger partial charge in [0, 0.05) is 4.47 Å². The lowest BCUT2D eigenvalue weighted by molar-refractivity contribution is -0.123. The molecule has 0 unspecified atom stereocenters. The fraction of sp³-hybridized carbons (Fsp3) is 0.111. The van der Waals surface area contributed by atoms with Gasteiger partial charge in [0.05, 0.1) is 10.7 Å². The molecule has 0 radical (unpaired) electrons. The van der Waals surface area contributed by atoms with E-state index in [1.165, 1.54) is 0 Å². The first kappa shape index (κ1) is 17.7. The first-order chi connectivity index (χ1) is 12.0. The molecular formula is C18H14Br2N2O3. The number of hydrogen-bond acceptors (Lipinski definition) is 4. The monoisotopic (exact) mass is 464 g/mol. The number of carbonyl (C=O) groups is 1. The Hall–Kier alpha value is -2.12. The smallest absolute Gasteiger partial charge is 0.277 e. The van der Waals surface area contributed by atoms with Crippen LogP contribution in [0.3, 0.4) is 0 Å². The standard InChI is InChI=1S/C18H14Br2N2O3/c1-11(15-3-2-8-24-15)21-22-17(23)10-25-16-7-4-12-9-13(19)5-6-14(12)18(16)20/h2-9H,10H2,1H3,(H,22,23)/b21-11+. The molecule has 25 heavy (non-hydrogen) atoms. The molecule has 0 aliphatic rings. The molecule has 0 bridgehead atoms. The van der Waals surface area contributed by atoms with Gasteiger partial charge in [0.25, 0.3) is 5.91 Å². The number of carbonyl (C=O) groups excluding carboxylic acids is 1. The van der Waals surface area contributed by atoms with Crippen molar-refractivity contribution >= 4 is 54.3 Å². The minimum Gasteiger partial charge on any atom is -0.483 e. The number of hydrogen-bond donors (Lipinski definition) is 1. The lowest BCUT2D eigenvalue weighted by atomic mass is 10.1. The van der Waals surface area contributed by atoms with Gasteiger partial charge in [0.2, 0.25) is 0 Å². The summed E-state index contributed by atoms with van der Waals surface area (Å²) in [7, 11) is 0. The Balaban J connectivity index is 1.64. The summed E-state index contributed by atoms with van der Waals surface area (Å²) in [5.41, 5.74) is 3.03. The number of nitrogens with one attached hydrogen (secondary N) is 1. The summed E-state index contributed by atoms with van der Waals surface area (Å²) >= 11 is 6.98. The molecule has 1 N–H and O–H groups in total. The number of nitrogens with zero attached hydrogens (tertiary/aromatic N) is 1. The van der Waals surface area contributed by atoms with Crippen LogP contribution in [0, 0.1) is 0 Å². The molecule has 2 aromatic carbocycles. The molecule has 5 nitrogen and oxygen atoms in total. The number of ether oxygens (including phenoxy) is 1. The lowest BCUT2D eigenvalue weighted by Gasteiger charge is -2.10. The van der Waals surface area contributed by atoms with Gasteiger partial charge in [-0.25, -0.2) is 5.43 Å². The molecule has 0 fully saturated rings. The first-order valence-corrected chi connectivity index (χ1v) is 9.01. The van der Waals surface area contributed by atoms with Crippen LogP contribution in [-0.4, -0.2) is 18.2 Å². The summed E-state index contributed by atoms with van der Waals surface area (Å²) in [6.45, 7) is 1.60. The molecule has 1 aromatic heterocycles. The molecule has 0 aliphatic carbocycles. The molecule has 0 atom stereocenters. The largest absolute Gasteiger partial charge is 0.483 e. The second-order valence-electron chi connectivity index (χ2n) is 5.24. The predicted molar refractivity (Wildman–Crippen MR) is 104 cm³/mol. The van der Waals surface area contributed by atoms with Crippen molar-refractivity contribution in [2.75, 3.05) is 6.61 Å². The van der Waals surface area contributed by atoms with Crippen molar-refractivity contribution in [3.05, 3.63) is 63.4 Å². The molecule has 3 rings (SSSR count). The van der Waals surface area contributed by atoms with E-state index in [0.29, 0.717) is 17.2 Å². The van der Waals surface area contributed by atoms with E-state index in [0.717, 1.165) is 19.7 Å². The summed E-state index contributed by atoms with van der Waals surface area (Å²) in [5.74, 6) is 0.843. The average Bonchev–Trinajstić information content (AvgIpc) is 3.13. The summed E-state index contributed by atoms with van der Waals surface area (Å²) in [6.07, 6.45) is 1.55. The van der Waals surface area contributed by atoms with Crippen molar-refractivity contribution in [3.8, 4) is 5.75 Å². The normalized spacial score (nSPS) is 11.6. The molecule has 1 amide bonds. The van der Waals surface area contributed by atoms with Gasteiger partial charge in [-0.1, -0.05) is 28.1 Å². The molecule has 0 spiro atoms. The van der Waals surface area contributed by atoms with Gasteiger partial charge in [0.15, 0.2) is 6.61 Å². The van der Waals surface area contributed by atoms with Crippen molar-refractivity contribution in [3.63, 3.8) is 0 Å². The van der Waals surface area contributed by atoms with E-state index < -0.39 is 0 Å². The van der Waals surface area contributed by atoms with Crippen LogP contribution in [0.2, 0.25) is 0 Å². The van der Waals surface area contributed by atoms with Gasteiger partial charge in [-0.3, -0.25) is 4.79 Å². The zero-order valence-corrected chi connectivity index (χ0v) is 16.4. The van der Waals surface area contributed by atoms with Crippen LogP contribution in [0.5, 0.6) is 5.75 Å². The molecule has 0 aliphatic heterocycles. The van der Waals surface area contributed by atoms with Gasteiger partial charge < -0.3 is 9.15 Å². The minimum absolute atomic E-state index is 0.143. The summed E-state index contributed by atoms with van der Waals surface area (Å²) < 4.78 is 12.6. The fourth-order valence-corrected chi connectivity index (χ4v) is 3.20. The Bertz CT molecular complexity index is 937. The van der Waals surface area contributed by atoms with Gasteiger partial charge in [-0.2, -0.15) is 5.10 Å². The average molecular weight is 466 g/mol. The van der Waals surface area contributed by atoms with Crippen molar-refractivity contribution < 1.29 is 13.9 Å². The van der Waals surface area contributed by atoms with E-state index in [1.807, 2.05) is 30.3 Å². The number of halogens is 2. The molecule has 0 saturated carbocycles. The SMILES string of the molecule is C/C(=N\NC(=O)COc1ccc2cc(Br)ccc2c1Br)c1ccco1. The first-order valence-electron chi connectivity index (χ1n) is 7.42. The second kappa shape index (κ2) is 7.84. The number of amides is 1. The Morgan fingerprint density at radius 1 is 1.24 bits per heavy atom. The highest BCUT2D eigenvalue weighted by Crippen LogP contribution is 2.34. The third kappa shape index (κ3) is 4.29. The van der Waals surface area contributed by atoms with E-state index >= 15 is 0 Å². The van der Waals surface area contributed by atoms with E-state index in [4.69, 9.17) is 9.15 Å². The lowest BCUT2D eigenvalue weighted by Crippen LogP contribution is -2.25. The maximum Gasteiger partial charge on any atom is 0.277 e. The van der Waals surface area contributed by atoms with Crippen molar-refractivity contribution in [2.24, 2.45) is 5.10 Å². The highest BCUT2D eigenvalue weighted by Gasteiger charge is 2.09. The zero-order valence-electron chi connectivity index (χ0n) is 13.3. The van der Waals surface area contributed by atoms with E-state index in [2.05, 4.69) is 42.4 Å². The second-order valence-corrected chi connectivity index (χ2v) is 6.95. The molecule has 3 aromatic rings. The Kier molecular flexibility index (Phi) is 5.55. The van der Waals surface area contributed by atoms with Crippen molar-refractivity contribution in [1.29, 1.82) is 0 Å². The van der Waals surface area contributed by atoms with Crippen LogP contribution in [0.25, 0.3) is 10.8 Å². The van der Waals surface area contributed by atoms with Crippen LogP contribution in [0.4, 0.5) is 0 Å². The Labute approximate surface area is 161 Å². The van der Waals surface area contributed by atoms with Gasteiger partial charge in [0.1, 0.15) is 17.2 Å². The molecule has 7 heteroatoms. The third-order valence-electron chi connectivity index (χ3n) is 3.47. The molecular weight excluding hydrogens is 452 g/mol. The molecule has 128 valence electrons. The number of benzene rings is 2. The third-order valence-corrected chi connectivity index (χ3v) is 4.78. The maximum absolute atomic E-state index is 11.9. The van der Waals surface area contributed by atoms with Crippen LogP contribution in [0.1, 0.15) is 12.7 Å². The number of hydrazone groups is 1. The molecule has 0 saturated heterocycles. The number of rotatable bonds is 5. The summed E-state index contributed by atoms with van der Waals surface area (Å²) in [4.78, 5) is 11.9. The van der Waals surface area contributed by atoms with Crippen LogP contribution in [0.15, 0.2) is 67.2 Å². The fourth-order valence-electron chi connectivity index (χ4n) is 2.22. The van der Waals surface area contributed by atoms with Gasteiger partial charge >= 0.3 is 0 Å². The minimum atomic E-state index is -0.353. The highest BCUT2D eigenvalue weighted by molar-refractivity contribution is 9.11. The maximum atomic E-state index is 11.9. The predicted octanol–water partition coefficient (Wildman–Crippen LogP) is 4.88.